The molecule has 26 heavy (non-hydrogen) atoms. The fourth-order valence-electron chi connectivity index (χ4n) is 2.54. The van der Waals surface area contributed by atoms with Crippen LogP contribution in [-0.2, 0) is 11.3 Å². The molecular weight excluding hydrogens is 328 g/mol. The minimum absolute atomic E-state index is 0.0657. The lowest BCUT2D eigenvalue weighted by Crippen LogP contribution is -2.45. The van der Waals surface area contributed by atoms with Crippen LogP contribution in [0.2, 0.25) is 0 Å². The van der Waals surface area contributed by atoms with E-state index < -0.39 is 0 Å². The van der Waals surface area contributed by atoms with Crippen molar-refractivity contribution in [2.45, 2.75) is 40.3 Å². The van der Waals surface area contributed by atoms with E-state index in [0.717, 1.165) is 23.8 Å². The molecule has 2 rings (SSSR count). The van der Waals surface area contributed by atoms with Gasteiger partial charge >= 0.3 is 0 Å². The number of hydrogen-bond donors (Lipinski definition) is 2. The predicted octanol–water partition coefficient (Wildman–Crippen LogP) is 2.38. The number of nitrogens with one attached hydrogen (secondary N) is 2. The molecule has 0 amide bonds. The molecule has 0 saturated heterocycles. The van der Waals surface area contributed by atoms with Gasteiger partial charge in [-0.25, -0.2) is 14.7 Å². The third kappa shape index (κ3) is 5.84. The molecular formula is C19H30N6O. The van der Waals surface area contributed by atoms with Gasteiger partial charge in [-0.2, -0.15) is 5.10 Å². The van der Waals surface area contributed by atoms with Crippen LogP contribution in [0.5, 0.6) is 0 Å². The van der Waals surface area contributed by atoms with Gasteiger partial charge in [-0.05, 0) is 30.0 Å². The zero-order chi connectivity index (χ0) is 19.0. The highest BCUT2D eigenvalue weighted by Gasteiger charge is 2.24. The topological polar surface area (TPSA) is 76.4 Å². The lowest BCUT2D eigenvalue weighted by atomic mass is 9.89. The first-order valence-corrected chi connectivity index (χ1v) is 8.93. The van der Waals surface area contributed by atoms with Gasteiger partial charge in [0.05, 0.1) is 18.3 Å². The Morgan fingerprint density at radius 3 is 2.50 bits per heavy atom. The van der Waals surface area contributed by atoms with E-state index in [1.807, 2.05) is 12.1 Å². The number of methoxy groups -OCH3 is 1. The van der Waals surface area contributed by atoms with E-state index in [0.29, 0.717) is 13.1 Å². The quantitative estimate of drug-likeness (QED) is 0.587. The first kappa shape index (κ1) is 19.9. The average molecular weight is 358 g/mol. The summed E-state index contributed by atoms with van der Waals surface area (Å²) in [6, 6.07) is 8.13. The number of aromatic nitrogens is 3. The van der Waals surface area contributed by atoms with Crippen molar-refractivity contribution >= 4 is 5.96 Å². The Balaban J connectivity index is 1.97. The molecule has 0 radical (unpaired) electrons. The van der Waals surface area contributed by atoms with Crippen molar-refractivity contribution in [1.82, 2.24) is 25.4 Å². The highest BCUT2D eigenvalue weighted by Crippen LogP contribution is 2.20. The maximum Gasteiger partial charge on any atom is 0.191 e. The summed E-state index contributed by atoms with van der Waals surface area (Å²) in [6.45, 7) is 10.7. The molecule has 1 aromatic heterocycles. The van der Waals surface area contributed by atoms with E-state index in [1.165, 1.54) is 6.33 Å². The van der Waals surface area contributed by atoms with E-state index in [1.54, 1.807) is 18.1 Å². The Bertz CT molecular complexity index is 673. The number of guanidine groups is 1. The van der Waals surface area contributed by atoms with Crippen LogP contribution in [0.25, 0.3) is 5.69 Å². The zero-order valence-electron chi connectivity index (χ0n) is 16.4. The third-order valence-electron chi connectivity index (χ3n) is 4.09. The minimum Gasteiger partial charge on any atom is -0.379 e. The van der Waals surface area contributed by atoms with Crippen LogP contribution in [0.1, 0.15) is 33.3 Å². The molecule has 0 saturated carbocycles. The van der Waals surface area contributed by atoms with Crippen molar-refractivity contribution in [3.8, 4) is 5.69 Å². The van der Waals surface area contributed by atoms with Crippen molar-refractivity contribution in [3.63, 3.8) is 0 Å². The second-order valence-corrected chi connectivity index (χ2v) is 7.17. The van der Waals surface area contributed by atoms with Crippen LogP contribution in [0.3, 0.4) is 0 Å². The maximum absolute atomic E-state index is 5.60. The molecule has 1 heterocycles. The summed E-state index contributed by atoms with van der Waals surface area (Å²) in [5.74, 6) is 0.791. The molecule has 0 spiro atoms. The molecule has 1 atom stereocenters. The summed E-state index contributed by atoms with van der Waals surface area (Å²) >= 11 is 0. The molecule has 0 aliphatic heterocycles. The Morgan fingerprint density at radius 1 is 1.23 bits per heavy atom. The Kier molecular flexibility index (Phi) is 7.15. The smallest absolute Gasteiger partial charge is 0.191 e. The highest BCUT2D eigenvalue weighted by molar-refractivity contribution is 5.79. The number of nitrogens with zero attached hydrogens (tertiary/aromatic N) is 4. The molecule has 1 aromatic carbocycles. The van der Waals surface area contributed by atoms with Gasteiger partial charge in [0.2, 0.25) is 0 Å². The van der Waals surface area contributed by atoms with E-state index in [-0.39, 0.29) is 11.5 Å². The van der Waals surface area contributed by atoms with Crippen molar-refractivity contribution in [3.05, 3.63) is 42.5 Å². The number of aliphatic imine (C=N–C) groups is 1. The second-order valence-electron chi connectivity index (χ2n) is 7.17. The second kappa shape index (κ2) is 9.33. The minimum atomic E-state index is 0.0657. The number of hydrogen-bond acceptors (Lipinski definition) is 4. The summed E-state index contributed by atoms with van der Waals surface area (Å²) in [6.07, 6.45) is 3.31. The zero-order valence-corrected chi connectivity index (χ0v) is 16.4. The monoisotopic (exact) mass is 358 g/mol. The average Bonchev–Trinajstić information content (AvgIpc) is 3.14. The Labute approximate surface area is 155 Å². The summed E-state index contributed by atoms with van der Waals surface area (Å²) in [5.41, 5.74) is 2.18. The van der Waals surface area contributed by atoms with Gasteiger partial charge < -0.3 is 15.4 Å². The van der Waals surface area contributed by atoms with Gasteiger partial charge in [-0.15, -0.1) is 0 Å². The largest absolute Gasteiger partial charge is 0.379 e. The maximum atomic E-state index is 5.60. The van der Waals surface area contributed by atoms with Crippen molar-refractivity contribution in [2.75, 3.05) is 20.2 Å². The van der Waals surface area contributed by atoms with Crippen LogP contribution in [0.15, 0.2) is 41.9 Å². The molecule has 0 fully saturated rings. The molecule has 1 unspecified atom stereocenters. The fraction of sp³-hybridized carbons (Fsp3) is 0.526. The van der Waals surface area contributed by atoms with Crippen LogP contribution < -0.4 is 10.6 Å². The first-order valence-electron chi connectivity index (χ1n) is 8.93. The fourth-order valence-corrected chi connectivity index (χ4v) is 2.54. The summed E-state index contributed by atoms with van der Waals surface area (Å²) in [7, 11) is 1.75. The summed E-state index contributed by atoms with van der Waals surface area (Å²) in [5, 5.41) is 10.8. The molecule has 2 aromatic rings. The number of benzene rings is 1. The summed E-state index contributed by atoms with van der Waals surface area (Å²) < 4.78 is 7.33. The molecule has 142 valence electrons. The van der Waals surface area contributed by atoms with E-state index >= 15 is 0 Å². The standard InChI is InChI=1S/C19H30N6O/c1-6-21-18(23-12-17(26-5)19(2,3)4)22-11-15-7-9-16(10-8-15)25-14-20-13-24-25/h7-10,13-14,17H,6,11-12H2,1-5H3,(H2,21,22,23). The van der Waals surface area contributed by atoms with Gasteiger partial charge in [0.1, 0.15) is 12.7 Å². The van der Waals surface area contributed by atoms with Gasteiger partial charge in [-0.1, -0.05) is 32.9 Å². The predicted molar refractivity (Wildman–Crippen MR) is 104 cm³/mol. The third-order valence-corrected chi connectivity index (χ3v) is 4.09. The van der Waals surface area contributed by atoms with Crippen LogP contribution >= 0.6 is 0 Å². The lowest BCUT2D eigenvalue weighted by Gasteiger charge is -2.30. The van der Waals surface area contributed by atoms with Crippen LogP contribution in [0.4, 0.5) is 0 Å². The molecule has 7 heteroatoms. The van der Waals surface area contributed by atoms with Gasteiger partial charge in [0.25, 0.3) is 0 Å². The van der Waals surface area contributed by atoms with Crippen molar-refractivity contribution in [2.24, 2.45) is 10.4 Å². The SMILES string of the molecule is CCNC(=NCc1ccc(-n2cncn2)cc1)NCC(OC)C(C)(C)C. The Morgan fingerprint density at radius 2 is 1.96 bits per heavy atom. The molecule has 0 bridgehead atoms. The van der Waals surface area contributed by atoms with Crippen LogP contribution in [-0.4, -0.2) is 47.0 Å². The lowest BCUT2D eigenvalue weighted by molar-refractivity contribution is 0.0205. The van der Waals surface area contributed by atoms with Gasteiger partial charge in [0, 0.05) is 20.2 Å². The van der Waals surface area contributed by atoms with Crippen molar-refractivity contribution < 1.29 is 4.74 Å². The van der Waals surface area contributed by atoms with Crippen LogP contribution in [0, 0.1) is 5.41 Å². The van der Waals surface area contributed by atoms with E-state index in [4.69, 9.17) is 4.74 Å². The molecule has 2 N–H and O–H groups in total. The molecule has 0 aliphatic carbocycles. The van der Waals surface area contributed by atoms with E-state index in [9.17, 15) is 0 Å². The van der Waals surface area contributed by atoms with Gasteiger partial charge in [-0.3, -0.25) is 0 Å². The molecule has 0 aliphatic rings. The van der Waals surface area contributed by atoms with Crippen molar-refractivity contribution in [1.29, 1.82) is 0 Å². The Hall–Kier alpha value is -2.41. The number of rotatable bonds is 7. The number of ether oxygens (including phenoxy) is 1. The first-order chi connectivity index (χ1) is 12.4. The highest BCUT2D eigenvalue weighted by atomic mass is 16.5. The van der Waals surface area contributed by atoms with E-state index in [2.05, 4.69) is 65.5 Å². The summed E-state index contributed by atoms with van der Waals surface area (Å²) in [4.78, 5) is 8.63. The molecule has 7 nitrogen and oxygen atoms in total. The normalized spacial score (nSPS) is 13.5. The van der Waals surface area contributed by atoms with Gasteiger partial charge in [0.15, 0.2) is 5.96 Å².